The lowest BCUT2D eigenvalue weighted by Crippen LogP contribution is -2.05. The molecular weight excluding hydrogens is 263 g/mol. The Hall–Kier alpha value is -0.480. The average Bonchev–Trinajstić information content (AvgIpc) is 2.30. The third-order valence-electron chi connectivity index (χ3n) is 2.14. The number of hydrogen-bond acceptors (Lipinski definition) is 3. The Morgan fingerprint density at radius 2 is 2.00 bits per heavy atom. The van der Waals surface area contributed by atoms with Gasteiger partial charge < -0.3 is 14.6 Å². The number of rotatable bonds is 7. The molecule has 0 bridgehead atoms. The van der Waals surface area contributed by atoms with Gasteiger partial charge in [-0.25, -0.2) is 0 Å². The predicted octanol–water partition coefficient (Wildman–Crippen LogP) is 3.29. The molecule has 1 aromatic carbocycles. The fraction of sp³-hybridized carbons (Fsp3) is 0.500. The van der Waals surface area contributed by atoms with Gasteiger partial charge in [0.05, 0.1) is 18.2 Å². The summed E-state index contributed by atoms with van der Waals surface area (Å²) in [5.74, 6) is 0.495. The van der Waals surface area contributed by atoms with Crippen LogP contribution in [0.2, 0.25) is 10.0 Å². The lowest BCUT2D eigenvalue weighted by molar-refractivity contribution is 0.130. The summed E-state index contributed by atoms with van der Waals surface area (Å²) in [7, 11) is 0. The molecule has 0 fully saturated rings. The van der Waals surface area contributed by atoms with E-state index in [1.807, 2.05) is 6.92 Å². The maximum atomic E-state index is 9.19. The van der Waals surface area contributed by atoms with Crippen molar-refractivity contribution in [1.82, 2.24) is 0 Å². The summed E-state index contributed by atoms with van der Waals surface area (Å²) in [6.07, 6.45) is 0.775. The molecule has 0 aromatic heterocycles. The number of halogens is 2. The van der Waals surface area contributed by atoms with Crippen molar-refractivity contribution < 1.29 is 14.6 Å². The molecule has 0 unspecified atom stereocenters. The summed E-state index contributed by atoms with van der Waals surface area (Å²) < 4.78 is 10.7. The molecule has 3 nitrogen and oxygen atoms in total. The van der Waals surface area contributed by atoms with E-state index in [1.54, 1.807) is 12.1 Å². The van der Waals surface area contributed by atoms with Gasteiger partial charge in [0.2, 0.25) is 0 Å². The molecule has 1 rings (SSSR count). The number of ether oxygens (including phenoxy) is 2. The Morgan fingerprint density at radius 1 is 1.24 bits per heavy atom. The molecule has 17 heavy (non-hydrogen) atoms. The normalized spacial score (nSPS) is 10.6. The Morgan fingerprint density at radius 3 is 2.65 bits per heavy atom. The van der Waals surface area contributed by atoms with Crippen LogP contribution in [0.25, 0.3) is 0 Å². The van der Waals surface area contributed by atoms with E-state index in [9.17, 15) is 5.11 Å². The second-order valence-electron chi connectivity index (χ2n) is 3.43. The van der Waals surface area contributed by atoms with Crippen LogP contribution < -0.4 is 4.74 Å². The Balaban J connectivity index is 2.57. The Kier molecular flexibility index (Phi) is 6.66. The minimum Gasteiger partial charge on any atom is -0.492 e. The van der Waals surface area contributed by atoms with Crippen LogP contribution in [0.5, 0.6) is 5.75 Å². The minimum absolute atomic E-state index is 0.152. The lowest BCUT2D eigenvalue weighted by atomic mass is 10.2. The third-order valence-corrected chi connectivity index (χ3v) is 2.64. The van der Waals surface area contributed by atoms with Crippen LogP contribution in [-0.2, 0) is 11.3 Å². The van der Waals surface area contributed by atoms with Crippen molar-refractivity contribution >= 4 is 23.2 Å². The van der Waals surface area contributed by atoms with Gasteiger partial charge in [0, 0.05) is 30.2 Å². The van der Waals surface area contributed by atoms with E-state index in [2.05, 4.69) is 0 Å². The number of aliphatic hydroxyl groups excluding tert-OH is 1. The highest BCUT2D eigenvalue weighted by molar-refractivity contribution is 6.35. The minimum atomic E-state index is -0.152. The van der Waals surface area contributed by atoms with E-state index in [4.69, 9.17) is 32.7 Å². The van der Waals surface area contributed by atoms with E-state index in [1.165, 1.54) is 0 Å². The number of hydrogen-bond donors (Lipinski definition) is 1. The molecule has 96 valence electrons. The van der Waals surface area contributed by atoms with Crippen molar-refractivity contribution in [3.63, 3.8) is 0 Å². The highest BCUT2D eigenvalue weighted by Crippen LogP contribution is 2.32. The van der Waals surface area contributed by atoms with Crippen LogP contribution >= 0.6 is 23.2 Å². The van der Waals surface area contributed by atoms with Gasteiger partial charge in [-0.1, -0.05) is 23.2 Å². The first kappa shape index (κ1) is 14.6. The van der Waals surface area contributed by atoms with Crippen molar-refractivity contribution in [3.05, 3.63) is 27.7 Å². The monoisotopic (exact) mass is 278 g/mol. The van der Waals surface area contributed by atoms with Crippen LogP contribution in [0.15, 0.2) is 12.1 Å². The number of benzene rings is 1. The topological polar surface area (TPSA) is 38.7 Å². The predicted molar refractivity (Wildman–Crippen MR) is 69.0 cm³/mol. The van der Waals surface area contributed by atoms with Crippen molar-refractivity contribution in [2.45, 2.75) is 20.0 Å². The second-order valence-corrected chi connectivity index (χ2v) is 4.28. The van der Waals surface area contributed by atoms with Crippen molar-refractivity contribution in [2.75, 3.05) is 19.8 Å². The zero-order valence-electron chi connectivity index (χ0n) is 9.71. The zero-order valence-corrected chi connectivity index (χ0v) is 11.2. The van der Waals surface area contributed by atoms with E-state index < -0.39 is 0 Å². The second kappa shape index (κ2) is 7.77. The molecule has 0 atom stereocenters. The van der Waals surface area contributed by atoms with E-state index in [0.717, 1.165) is 6.42 Å². The van der Waals surface area contributed by atoms with Gasteiger partial charge in [0.1, 0.15) is 5.75 Å². The Bertz CT molecular complexity index is 356. The average molecular weight is 279 g/mol. The molecule has 0 aliphatic heterocycles. The van der Waals surface area contributed by atoms with E-state index in [0.29, 0.717) is 41.2 Å². The first-order valence-corrected chi connectivity index (χ1v) is 6.24. The maximum absolute atomic E-state index is 9.19. The maximum Gasteiger partial charge on any atom is 0.143 e. The van der Waals surface area contributed by atoms with Crippen LogP contribution in [0, 0.1) is 0 Å². The Labute approximate surface area is 111 Å². The molecule has 1 aromatic rings. The van der Waals surface area contributed by atoms with Crippen molar-refractivity contribution in [2.24, 2.45) is 0 Å². The van der Waals surface area contributed by atoms with Gasteiger partial charge in [0.25, 0.3) is 0 Å². The van der Waals surface area contributed by atoms with E-state index in [-0.39, 0.29) is 6.61 Å². The zero-order chi connectivity index (χ0) is 12.7. The summed E-state index contributed by atoms with van der Waals surface area (Å²) in [5, 5.41) is 10.1. The first-order valence-electron chi connectivity index (χ1n) is 5.48. The molecule has 0 heterocycles. The summed E-state index contributed by atoms with van der Waals surface area (Å²) in [5.41, 5.74) is 0.596. The third kappa shape index (κ3) is 4.72. The van der Waals surface area contributed by atoms with Gasteiger partial charge in [-0.3, -0.25) is 0 Å². The van der Waals surface area contributed by atoms with Crippen molar-refractivity contribution in [1.29, 1.82) is 0 Å². The fourth-order valence-corrected chi connectivity index (χ4v) is 1.96. The largest absolute Gasteiger partial charge is 0.492 e. The molecule has 0 aliphatic rings. The molecule has 0 saturated heterocycles. The molecule has 0 radical (unpaired) electrons. The smallest absolute Gasteiger partial charge is 0.143 e. The summed E-state index contributed by atoms with van der Waals surface area (Å²) in [6, 6.07) is 3.24. The van der Waals surface area contributed by atoms with E-state index >= 15 is 0 Å². The first-order chi connectivity index (χ1) is 8.19. The lowest BCUT2D eigenvalue weighted by Gasteiger charge is -2.12. The van der Waals surface area contributed by atoms with Crippen LogP contribution in [0.1, 0.15) is 18.9 Å². The van der Waals surface area contributed by atoms with Gasteiger partial charge >= 0.3 is 0 Å². The molecule has 1 N–H and O–H groups in total. The molecule has 0 aliphatic carbocycles. The van der Waals surface area contributed by atoms with Crippen LogP contribution in [-0.4, -0.2) is 24.9 Å². The van der Waals surface area contributed by atoms with Gasteiger partial charge in [-0.05, 0) is 19.1 Å². The molecule has 0 saturated carbocycles. The standard InChI is InChI=1S/C12H16Cl2O3/c1-2-16-4-3-5-17-12-9(8-15)6-10(13)7-11(12)14/h6-7,15H,2-5,8H2,1H3. The quantitative estimate of drug-likeness (QED) is 0.778. The van der Waals surface area contributed by atoms with Gasteiger partial charge in [-0.15, -0.1) is 0 Å². The highest BCUT2D eigenvalue weighted by atomic mass is 35.5. The van der Waals surface area contributed by atoms with Crippen LogP contribution in [0.4, 0.5) is 0 Å². The highest BCUT2D eigenvalue weighted by Gasteiger charge is 2.09. The summed E-state index contributed by atoms with van der Waals surface area (Å²) >= 11 is 11.8. The fourth-order valence-electron chi connectivity index (χ4n) is 1.37. The molecule has 0 spiro atoms. The number of aliphatic hydroxyl groups is 1. The molecule has 5 heteroatoms. The summed E-state index contributed by atoms with van der Waals surface area (Å²) in [6.45, 7) is 3.63. The SMILES string of the molecule is CCOCCCOc1c(Cl)cc(Cl)cc1CO. The summed E-state index contributed by atoms with van der Waals surface area (Å²) in [4.78, 5) is 0. The van der Waals surface area contributed by atoms with Gasteiger partial charge in [0.15, 0.2) is 0 Å². The van der Waals surface area contributed by atoms with Crippen LogP contribution in [0.3, 0.4) is 0 Å². The van der Waals surface area contributed by atoms with Gasteiger partial charge in [-0.2, -0.15) is 0 Å². The molecular formula is C12H16Cl2O3. The van der Waals surface area contributed by atoms with Crippen molar-refractivity contribution in [3.8, 4) is 5.75 Å². The molecule has 0 amide bonds.